The molecule has 1 aromatic carbocycles. The van der Waals surface area contributed by atoms with Crippen LogP contribution in [0.15, 0.2) is 30.0 Å². The van der Waals surface area contributed by atoms with Crippen LogP contribution in [0.4, 0.5) is 0 Å². The maximum atomic E-state index is 7.77. The Kier molecular flexibility index (Phi) is 8.88. The van der Waals surface area contributed by atoms with Crippen LogP contribution in [0.2, 0.25) is 0 Å². The Balaban J connectivity index is 3.70. The van der Waals surface area contributed by atoms with E-state index in [4.69, 9.17) is 10.8 Å². The van der Waals surface area contributed by atoms with E-state index in [-0.39, 0.29) is 0 Å². The summed E-state index contributed by atoms with van der Waals surface area (Å²) in [7, 11) is 0. The van der Waals surface area contributed by atoms with Crippen LogP contribution in [0.1, 0.15) is 74.3 Å². The minimum Gasteiger partial charge on any atom is -0.313 e. The lowest BCUT2D eigenvalue weighted by Gasteiger charge is -2.21. The monoisotopic (exact) mass is 336 g/mol. The van der Waals surface area contributed by atoms with Crippen molar-refractivity contribution in [3.05, 3.63) is 57.8 Å². The van der Waals surface area contributed by atoms with Gasteiger partial charge in [0.1, 0.15) is 0 Å². The third-order valence-corrected chi connectivity index (χ3v) is 4.85. The van der Waals surface area contributed by atoms with E-state index in [2.05, 4.69) is 46.1 Å². The second kappa shape index (κ2) is 10.6. The number of rotatable bonds is 10. The van der Waals surface area contributed by atoms with Gasteiger partial charge in [0.15, 0.2) is 0 Å². The van der Waals surface area contributed by atoms with Gasteiger partial charge in [0, 0.05) is 12.6 Å². The van der Waals surface area contributed by atoms with Gasteiger partial charge in [0.05, 0.1) is 0 Å². The fourth-order valence-electron chi connectivity index (χ4n) is 3.46. The first-order valence-electron chi connectivity index (χ1n) is 9.26. The van der Waals surface area contributed by atoms with Crippen LogP contribution in [0, 0.1) is 17.7 Å². The predicted molar refractivity (Wildman–Crippen MR) is 111 cm³/mol. The minimum absolute atomic E-state index is 0.595. The molecule has 0 atom stereocenters. The zero-order valence-corrected chi connectivity index (χ0v) is 16.3. The van der Waals surface area contributed by atoms with Crippen LogP contribution < -0.4 is 0 Å². The van der Waals surface area contributed by atoms with E-state index in [1.54, 1.807) is 0 Å². The Morgan fingerprint density at radius 1 is 1.24 bits per heavy atom. The third-order valence-electron chi connectivity index (χ3n) is 4.85. The molecule has 0 unspecified atom stereocenters. The average Bonchev–Trinajstić information content (AvgIpc) is 2.61. The highest BCUT2D eigenvalue weighted by Crippen LogP contribution is 2.32. The summed E-state index contributed by atoms with van der Waals surface area (Å²) in [5.41, 5.74) is 11.4. The molecule has 2 nitrogen and oxygen atoms in total. The van der Waals surface area contributed by atoms with Crippen LogP contribution >= 0.6 is 0 Å². The average molecular weight is 337 g/mol. The van der Waals surface area contributed by atoms with E-state index in [9.17, 15) is 0 Å². The molecule has 0 saturated carbocycles. The molecule has 0 aliphatic heterocycles. The van der Waals surface area contributed by atoms with Crippen molar-refractivity contribution < 1.29 is 0 Å². The highest BCUT2D eigenvalue weighted by molar-refractivity contribution is 5.85. The van der Waals surface area contributed by atoms with Crippen molar-refractivity contribution in [1.82, 2.24) is 0 Å². The molecule has 134 valence electrons. The first-order chi connectivity index (χ1) is 12.0. The van der Waals surface area contributed by atoms with Gasteiger partial charge in [0.2, 0.25) is 0 Å². The predicted octanol–water partition coefficient (Wildman–Crippen LogP) is 6.44. The summed E-state index contributed by atoms with van der Waals surface area (Å²) in [4.78, 5) is 0. The molecule has 0 fully saturated rings. The van der Waals surface area contributed by atoms with Crippen molar-refractivity contribution in [2.24, 2.45) is 0 Å². The zero-order chi connectivity index (χ0) is 18.8. The van der Waals surface area contributed by atoms with Crippen molar-refractivity contribution in [2.75, 3.05) is 0 Å². The Hall–Kier alpha value is -2.18. The van der Waals surface area contributed by atoms with Gasteiger partial charge in [-0.15, -0.1) is 5.73 Å². The molecule has 25 heavy (non-hydrogen) atoms. The summed E-state index contributed by atoms with van der Waals surface area (Å²) < 4.78 is 0. The normalized spacial score (nSPS) is 11.5. The lowest BCUT2D eigenvalue weighted by molar-refractivity contribution is 0.715. The van der Waals surface area contributed by atoms with E-state index >= 15 is 0 Å². The third kappa shape index (κ3) is 5.14. The summed E-state index contributed by atoms with van der Waals surface area (Å²) in [6.07, 6.45) is 11.0. The molecule has 0 spiro atoms. The van der Waals surface area contributed by atoms with Gasteiger partial charge >= 0.3 is 0 Å². The topological polar surface area (TPSA) is 47.7 Å². The molecule has 1 aromatic rings. The summed E-state index contributed by atoms with van der Waals surface area (Å²) in [6.45, 7) is 12.4. The van der Waals surface area contributed by atoms with Crippen LogP contribution in [0.25, 0.3) is 5.57 Å². The lowest BCUT2D eigenvalue weighted by Crippen LogP contribution is -2.06. The number of aryl methyl sites for hydroxylation is 1. The first kappa shape index (κ1) is 20.9. The molecular formula is C23H32N2. The maximum Gasteiger partial charge on any atom is 0.0253 e. The van der Waals surface area contributed by atoms with Gasteiger partial charge in [-0.2, -0.15) is 0 Å². The van der Waals surface area contributed by atoms with Crippen molar-refractivity contribution in [3.63, 3.8) is 0 Å². The van der Waals surface area contributed by atoms with E-state index < -0.39 is 0 Å². The number of hydrogen-bond acceptors (Lipinski definition) is 2. The number of nitrogens with one attached hydrogen (secondary N) is 2. The molecule has 0 saturated heterocycles. The Labute approximate surface area is 153 Å². The maximum absolute atomic E-state index is 7.77. The zero-order valence-electron chi connectivity index (χ0n) is 16.3. The second-order valence-corrected chi connectivity index (χ2v) is 6.47. The molecule has 0 radical (unpaired) electrons. The highest BCUT2D eigenvalue weighted by atomic mass is 14.3. The van der Waals surface area contributed by atoms with Crippen LogP contribution in [0.5, 0.6) is 0 Å². The molecule has 0 aliphatic carbocycles. The van der Waals surface area contributed by atoms with Crippen LogP contribution in [0.3, 0.4) is 0 Å². The van der Waals surface area contributed by atoms with E-state index in [0.29, 0.717) is 6.42 Å². The van der Waals surface area contributed by atoms with Gasteiger partial charge in [-0.05, 0) is 90.4 Å². The van der Waals surface area contributed by atoms with E-state index in [0.717, 1.165) is 30.4 Å². The number of unbranched alkanes of at least 4 members (excludes halogenated alkanes) is 2. The fourth-order valence-corrected chi connectivity index (χ4v) is 3.46. The van der Waals surface area contributed by atoms with E-state index in [1.807, 2.05) is 6.08 Å². The van der Waals surface area contributed by atoms with Crippen LogP contribution in [-0.2, 0) is 12.8 Å². The Morgan fingerprint density at radius 2 is 1.96 bits per heavy atom. The van der Waals surface area contributed by atoms with Gasteiger partial charge in [-0.3, -0.25) is 0 Å². The Bertz CT molecular complexity index is 701. The summed E-state index contributed by atoms with van der Waals surface area (Å²) >= 11 is 0. The smallest absolute Gasteiger partial charge is 0.0253 e. The fraction of sp³-hybridized carbons (Fsp3) is 0.435. The van der Waals surface area contributed by atoms with Gasteiger partial charge < -0.3 is 10.8 Å². The first-order valence-corrected chi connectivity index (χ1v) is 9.26. The van der Waals surface area contributed by atoms with Gasteiger partial charge in [-0.1, -0.05) is 33.3 Å². The number of hydrogen-bond donors (Lipinski definition) is 2. The summed E-state index contributed by atoms with van der Waals surface area (Å²) in [6, 6.07) is 2.19. The quantitative estimate of drug-likeness (QED) is 0.214. The largest absolute Gasteiger partial charge is 0.313 e. The van der Waals surface area contributed by atoms with E-state index in [1.165, 1.54) is 53.1 Å². The highest BCUT2D eigenvalue weighted by Gasteiger charge is 2.16. The summed E-state index contributed by atoms with van der Waals surface area (Å²) in [5, 5.41) is 15.3. The lowest BCUT2D eigenvalue weighted by atomic mass is 9.84. The second-order valence-electron chi connectivity index (χ2n) is 6.47. The minimum atomic E-state index is 0.595. The van der Waals surface area contributed by atoms with Crippen molar-refractivity contribution in [2.45, 2.75) is 66.2 Å². The number of benzene rings is 1. The molecule has 0 aliphatic rings. The Morgan fingerprint density at radius 3 is 2.48 bits per heavy atom. The molecule has 2 N–H and O–H groups in total. The van der Waals surface area contributed by atoms with Crippen LogP contribution in [-0.4, -0.2) is 12.4 Å². The molecular weight excluding hydrogens is 304 g/mol. The standard InChI is InChI=1S/C23H32N2/c1-6-9-10-12-20-15-21(16-25)17(4)22(8-3)23(20)18(5)19(11-7-2)13-14-24/h11,14-16,24-25H,2,6,8-10,12-13H2,1,3-5H3/b19-18+,24-14?,25-16?. The SMILES string of the molecule is C=C=C/C(CC=N)=C(/C)c1c(CCCCC)cc(C=N)c(C)c1CC. The molecule has 0 heterocycles. The molecule has 0 amide bonds. The molecule has 1 rings (SSSR count). The molecule has 0 bridgehead atoms. The van der Waals surface area contributed by atoms with Crippen molar-refractivity contribution >= 4 is 18.0 Å². The van der Waals surface area contributed by atoms with Gasteiger partial charge in [0.25, 0.3) is 0 Å². The van der Waals surface area contributed by atoms with Gasteiger partial charge in [-0.25, -0.2) is 0 Å². The number of allylic oxidation sites excluding steroid dienone is 3. The van der Waals surface area contributed by atoms with Crippen molar-refractivity contribution in [1.29, 1.82) is 10.8 Å². The molecule has 2 heteroatoms. The molecule has 0 aromatic heterocycles. The van der Waals surface area contributed by atoms with Crippen molar-refractivity contribution in [3.8, 4) is 0 Å². The summed E-state index contributed by atoms with van der Waals surface area (Å²) in [5.74, 6) is 0.